The van der Waals surface area contributed by atoms with Crippen LogP contribution in [0, 0.1) is 10.1 Å². The molecular weight excluding hydrogens is 389 g/mol. The van der Waals surface area contributed by atoms with Crippen LogP contribution in [-0.4, -0.2) is 38.6 Å². The van der Waals surface area contributed by atoms with Gasteiger partial charge in [-0.1, -0.05) is 18.2 Å². The minimum Gasteiger partial charge on any atom is -0.480 e. The summed E-state index contributed by atoms with van der Waals surface area (Å²) in [6.07, 6.45) is -0.342. The van der Waals surface area contributed by atoms with Gasteiger partial charge >= 0.3 is 5.97 Å². The number of carbonyl (C=O) groups is 1. The highest BCUT2D eigenvalue weighted by molar-refractivity contribution is 7.87. The molecule has 0 aliphatic carbocycles. The number of hydrogen-bond acceptors (Lipinski definition) is 6. The van der Waals surface area contributed by atoms with Crippen molar-refractivity contribution >= 4 is 33.9 Å². The van der Waals surface area contributed by atoms with Gasteiger partial charge in [0.1, 0.15) is 17.5 Å². The molecule has 3 rings (SSSR count). The molecule has 0 amide bonds. The molecule has 2 unspecified atom stereocenters. The number of hydrogen-bond donors (Lipinski definition) is 2. The number of fused-ring (bicyclic) bond motifs is 1. The number of halogens is 1. The average Bonchev–Trinajstić information content (AvgIpc) is 3.01. The van der Waals surface area contributed by atoms with E-state index in [9.17, 15) is 28.6 Å². The minimum atomic E-state index is -2.00. The Morgan fingerprint density at radius 2 is 1.93 bits per heavy atom. The monoisotopic (exact) mass is 405 g/mol. The maximum atomic E-state index is 13.9. The average molecular weight is 405 g/mol. The van der Waals surface area contributed by atoms with Gasteiger partial charge in [0, 0.05) is 29.0 Å². The first kappa shape index (κ1) is 19.8. The van der Waals surface area contributed by atoms with Crippen LogP contribution in [0.3, 0.4) is 0 Å². The lowest BCUT2D eigenvalue weighted by atomic mass is 9.88. The number of para-hydroxylation sites is 1. The summed E-state index contributed by atoms with van der Waals surface area (Å²) >= 11 is 0. The third-order valence-electron chi connectivity index (χ3n) is 4.59. The van der Waals surface area contributed by atoms with Gasteiger partial charge in [-0.15, -0.1) is 0 Å². The van der Waals surface area contributed by atoms with E-state index >= 15 is 0 Å². The molecule has 0 saturated carbocycles. The predicted octanol–water partition coefficient (Wildman–Crippen LogP) is 2.46. The Morgan fingerprint density at radius 1 is 1.29 bits per heavy atom. The molecule has 0 saturated heterocycles. The van der Waals surface area contributed by atoms with Gasteiger partial charge < -0.3 is 10.8 Å². The largest absolute Gasteiger partial charge is 0.480 e. The molecule has 146 valence electrons. The van der Waals surface area contributed by atoms with Gasteiger partial charge in [-0.05, 0) is 18.2 Å². The summed E-state index contributed by atoms with van der Waals surface area (Å²) in [5.41, 5.74) is 6.27. The molecule has 3 atom stereocenters. The Balaban J connectivity index is 2.17. The van der Waals surface area contributed by atoms with E-state index in [-0.39, 0.29) is 22.7 Å². The van der Waals surface area contributed by atoms with E-state index in [0.29, 0.717) is 11.3 Å². The van der Waals surface area contributed by atoms with E-state index in [4.69, 9.17) is 5.73 Å². The maximum Gasteiger partial charge on any atom is 0.320 e. The molecule has 1 aliphatic heterocycles. The number of aliphatic imine (C=N–C) groups is 1. The standard InChI is InChI=1S/C18H16FN3O5S/c19-10-16-18(9-14(20)17(23)24,13-3-1-2-4-15(13)21-16)28(27)12-7-5-11(6-8-12)22(25)26/h1-8,14H,9-10,20H2,(H,23,24)/t14-,18?,28?/m0/s1. The van der Waals surface area contributed by atoms with Crippen molar-refractivity contribution in [2.45, 2.75) is 22.1 Å². The lowest BCUT2D eigenvalue weighted by Gasteiger charge is -2.32. The Hall–Kier alpha value is -2.98. The Kier molecular flexibility index (Phi) is 5.34. The van der Waals surface area contributed by atoms with Gasteiger partial charge in [0.15, 0.2) is 0 Å². The number of aliphatic carboxylic acids is 1. The summed E-state index contributed by atoms with van der Waals surface area (Å²) < 4.78 is 25.9. The highest BCUT2D eigenvalue weighted by atomic mass is 32.2. The Bertz CT molecular complexity index is 995. The topological polar surface area (TPSA) is 136 Å². The van der Waals surface area contributed by atoms with Gasteiger partial charge in [-0.3, -0.25) is 24.1 Å². The minimum absolute atomic E-state index is 0.0814. The SMILES string of the molecule is N[C@@H](CC1(S(=O)c2ccc([N+](=O)[O-])cc2)C(CF)=Nc2ccccc21)C(=O)O. The highest BCUT2D eigenvalue weighted by Gasteiger charge is 2.51. The first-order valence-electron chi connectivity index (χ1n) is 8.19. The van der Waals surface area contributed by atoms with E-state index < -0.39 is 39.2 Å². The number of nitrogens with two attached hydrogens (primary N) is 1. The van der Waals surface area contributed by atoms with Gasteiger partial charge in [0.25, 0.3) is 5.69 Å². The lowest BCUT2D eigenvalue weighted by Crippen LogP contribution is -2.46. The zero-order valence-electron chi connectivity index (χ0n) is 14.4. The van der Waals surface area contributed by atoms with Gasteiger partial charge in [-0.2, -0.15) is 0 Å². The van der Waals surface area contributed by atoms with Crippen LogP contribution in [0.2, 0.25) is 0 Å². The number of carboxylic acid groups (broad SMARTS) is 1. The van der Waals surface area contributed by atoms with E-state index in [2.05, 4.69) is 4.99 Å². The molecule has 1 aliphatic rings. The summed E-state index contributed by atoms with van der Waals surface area (Å²) in [4.78, 5) is 26.1. The maximum absolute atomic E-state index is 13.9. The van der Waals surface area contributed by atoms with Crippen LogP contribution in [0.4, 0.5) is 15.8 Å². The van der Waals surface area contributed by atoms with Gasteiger partial charge in [-0.25, -0.2) is 4.39 Å². The number of nitrogens with zero attached hydrogens (tertiary/aromatic N) is 2. The lowest BCUT2D eigenvalue weighted by molar-refractivity contribution is -0.384. The van der Waals surface area contributed by atoms with E-state index in [0.717, 1.165) is 0 Å². The van der Waals surface area contributed by atoms with Crippen molar-refractivity contribution in [2.75, 3.05) is 6.67 Å². The second-order valence-corrected chi connectivity index (χ2v) is 7.91. The number of carboxylic acids is 1. The first-order chi connectivity index (χ1) is 13.3. The molecular formula is C18H16FN3O5S. The molecule has 3 N–H and O–H groups in total. The smallest absolute Gasteiger partial charge is 0.320 e. The van der Waals surface area contributed by atoms with E-state index in [1.54, 1.807) is 24.3 Å². The first-order valence-corrected chi connectivity index (χ1v) is 9.34. The van der Waals surface area contributed by atoms with Crippen molar-refractivity contribution < 1.29 is 23.4 Å². The number of benzene rings is 2. The summed E-state index contributed by atoms with van der Waals surface area (Å²) in [5.74, 6) is -1.32. The summed E-state index contributed by atoms with van der Waals surface area (Å²) in [6, 6.07) is 10.1. The molecule has 10 heteroatoms. The third kappa shape index (κ3) is 3.20. The summed E-state index contributed by atoms with van der Waals surface area (Å²) in [6.45, 7) is -1.04. The fourth-order valence-corrected chi connectivity index (χ4v) is 5.04. The molecule has 2 aromatic rings. The van der Waals surface area contributed by atoms with Crippen LogP contribution in [-0.2, 0) is 20.3 Å². The Morgan fingerprint density at radius 3 is 2.50 bits per heavy atom. The van der Waals surface area contributed by atoms with Gasteiger partial charge in [0.05, 0.1) is 27.1 Å². The molecule has 0 fully saturated rings. The van der Waals surface area contributed by atoms with Crippen molar-refractivity contribution in [3.05, 3.63) is 64.2 Å². The van der Waals surface area contributed by atoms with Crippen molar-refractivity contribution in [1.29, 1.82) is 0 Å². The number of nitro benzene ring substituents is 1. The van der Waals surface area contributed by atoms with Crippen molar-refractivity contribution in [1.82, 2.24) is 0 Å². The molecule has 28 heavy (non-hydrogen) atoms. The molecule has 0 spiro atoms. The van der Waals surface area contributed by atoms with Crippen LogP contribution in [0.15, 0.2) is 58.4 Å². The number of alkyl halides is 1. The zero-order valence-corrected chi connectivity index (χ0v) is 15.3. The third-order valence-corrected chi connectivity index (χ3v) is 6.55. The molecule has 1 heterocycles. The van der Waals surface area contributed by atoms with Crippen LogP contribution in [0.25, 0.3) is 0 Å². The highest BCUT2D eigenvalue weighted by Crippen LogP contribution is 2.47. The predicted molar refractivity (Wildman–Crippen MR) is 101 cm³/mol. The normalized spacial score (nSPS) is 20.1. The van der Waals surface area contributed by atoms with E-state index in [1.165, 1.54) is 24.3 Å². The second kappa shape index (κ2) is 7.56. The molecule has 0 radical (unpaired) electrons. The molecule has 0 bridgehead atoms. The Labute approximate surface area is 161 Å². The van der Waals surface area contributed by atoms with Crippen LogP contribution in [0.5, 0.6) is 0 Å². The summed E-state index contributed by atoms with van der Waals surface area (Å²) in [5, 5.41) is 20.1. The molecule has 8 nitrogen and oxygen atoms in total. The molecule has 0 aromatic heterocycles. The van der Waals surface area contributed by atoms with Crippen molar-refractivity contribution in [3.63, 3.8) is 0 Å². The fourth-order valence-electron chi connectivity index (χ4n) is 3.24. The zero-order chi connectivity index (χ0) is 20.5. The van der Waals surface area contributed by atoms with Crippen LogP contribution in [0.1, 0.15) is 12.0 Å². The quantitative estimate of drug-likeness (QED) is 0.536. The van der Waals surface area contributed by atoms with Crippen molar-refractivity contribution in [3.8, 4) is 0 Å². The second-order valence-electron chi connectivity index (χ2n) is 6.20. The van der Waals surface area contributed by atoms with Crippen LogP contribution < -0.4 is 5.73 Å². The fraction of sp³-hybridized carbons (Fsp3) is 0.222. The summed E-state index contributed by atoms with van der Waals surface area (Å²) in [7, 11) is -2.00. The number of nitro groups is 1. The molecule has 2 aromatic carbocycles. The van der Waals surface area contributed by atoms with Crippen LogP contribution >= 0.6 is 0 Å². The van der Waals surface area contributed by atoms with E-state index in [1.807, 2.05) is 0 Å². The van der Waals surface area contributed by atoms with Crippen molar-refractivity contribution in [2.24, 2.45) is 10.7 Å². The number of non-ortho nitro benzene ring substituents is 1. The number of rotatable bonds is 7. The van der Waals surface area contributed by atoms with Gasteiger partial charge in [0.2, 0.25) is 0 Å².